The van der Waals surface area contributed by atoms with Crippen LogP contribution in [0.25, 0.3) is 0 Å². The van der Waals surface area contributed by atoms with E-state index in [2.05, 4.69) is 83.2 Å². The van der Waals surface area contributed by atoms with Crippen molar-refractivity contribution in [1.29, 1.82) is 0 Å². The minimum atomic E-state index is -2.27. The summed E-state index contributed by atoms with van der Waals surface area (Å²) in [6.45, 7) is 15.7. The van der Waals surface area contributed by atoms with E-state index in [-0.39, 0.29) is 24.2 Å². The van der Waals surface area contributed by atoms with Crippen LogP contribution < -0.4 is 14.2 Å². The number of Topliss-reactive ketones (excluding diaryl/α,β-unsaturated/α-hetero) is 1. The zero-order valence-electron chi connectivity index (χ0n) is 36.5. The first kappa shape index (κ1) is 46.2. The number of carbonyl (C=O) groups is 1. The SMILES string of the molecule is C/C=C\[C@H](C)/C=C(\C)C(=O)[C@@H](COCc1ccc(OC)cc1)[C@H](O[Si](CC)(CC)CC)[C@H](C)COC(c1ccccc1)(c1ccc(OC)cc1)c1ccc(OC)cc1. The van der Waals surface area contributed by atoms with Crippen molar-refractivity contribution in [3.05, 3.63) is 149 Å². The lowest BCUT2D eigenvalue weighted by atomic mass is 9.79. The Morgan fingerprint density at radius 2 is 1.17 bits per heavy atom. The molecule has 0 fully saturated rings. The molecule has 7 nitrogen and oxygen atoms in total. The maximum absolute atomic E-state index is 14.9. The third-order valence-electron chi connectivity index (χ3n) is 11.5. The molecule has 0 radical (unpaired) electrons. The van der Waals surface area contributed by atoms with Crippen LogP contribution in [0.15, 0.2) is 127 Å². The number of ketones is 1. The van der Waals surface area contributed by atoms with Crippen molar-refractivity contribution in [2.75, 3.05) is 34.5 Å². The van der Waals surface area contributed by atoms with E-state index in [1.165, 1.54) is 0 Å². The van der Waals surface area contributed by atoms with Gasteiger partial charge in [-0.1, -0.05) is 120 Å². The van der Waals surface area contributed by atoms with Crippen molar-refractivity contribution in [2.24, 2.45) is 17.8 Å². The van der Waals surface area contributed by atoms with Gasteiger partial charge in [0.1, 0.15) is 22.8 Å². The lowest BCUT2D eigenvalue weighted by Gasteiger charge is -2.42. The highest BCUT2D eigenvalue weighted by atomic mass is 28.4. The second-order valence-electron chi connectivity index (χ2n) is 15.2. The van der Waals surface area contributed by atoms with Gasteiger partial charge in [0.2, 0.25) is 0 Å². The number of rotatable bonds is 24. The van der Waals surface area contributed by atoms with Gasteiger partial charge in [0.05, 0.1) is 53.2 Å². The maximum Gasteiger partial charge on any atom is 0.192 e. The van der Waals surface area contributed by atoms with Gasteiger partial charge in [-0.15, -0.1) is 0 Å². The lowest BCUT2D eigenvalue weighted by molar-refractivity contribution is -0.128. The van der Waals surface area contributed by atoms with Crippen LogP contribution in [0, 0.1) is 17.8 Å². The molecule has 0 aliphatic heterocycles. The minimum absolute atomic E-state index is 0.0359. The van der Waals surface area contributed by atoms with Gasteiger partial charge in [0, 0.05) is 5.92 Å². The molecule has 0 aromatic heterocycles. The van der Waals surface area contributed by atoms with Gasteiger partial charge in [-0.3, -0.25) is 4.79 Å². The standard InChI is InChI=1S/C50H66O7Si/c1-11-18-37(5)33-38(6)48(51)47(36-55-35-40-21-27-44(52-8)28-22-40)49(57-58(12-2,13-3)14-4)39(7)34-56-50(41-19-16-15-17-20-41,42-23-29-45(53-9)30-24-42)43-25-31-46(54-10)32-26-43/h11,15-33,37,39,47,49H,12-14,34-36H2,1-10H3/b18-11-,38-33+/t37-,39+,47+,49+/m0/s1. The topological polar surface area (TPSA) is 72.5 Å². The number of methoxy groups -OCH3 is 3. The van der Waals surface area contributed by atoms with Crippen molar-refractivity contribution in [2.45, 2.75) is 84.9 Å². The monoisotopic (exact) mass is 806 g/mol. The summed E-state index contributed by atoms with van der Waals surface area (Å²) < 4.78 is 37.9. The minimum Gasteiger partial charge on any atom is -0.497 e. The Bertz CT molecular complexity index is 1810. The smallest absolute Gasteiger partial charge is 0.192 e. The fraction of sp³-hybridized carbons (Fsp3) is 0.420. The van der Waals surface area contributed by atoms with Gasteiger partial charge < -0.3 is 28.1 Å². The Hall–Kier alpha value is -4.47. The van der Waals surface area contributed by atoms with Crippen LogP contribution in [0.5, 0.6) is 17.2 Å². The second kappa shape index (κ2) is 22.6. The number of carbonyl (C=O) groups excluding carboxylic acids is 1. The summed E-state index contributed by atoms with van der Waals surface area (Å²) in [5, 5.41) is 0. The molecule has 0 unspecified atom stereocenters. The number of allylic oxidation sites excluding steroid dienone is 4. The van der Waals surface area contributed by atoms with Gasteiger partial charge in [0.25, 0.3) is 0 Å². The first-order chi connectivity index (χ1) is 28.0. The van der Waals surface area contributed by atoms with Crippen LogP contribution in [0.3, 0.4) is 0 Å². The summed E-state index contributed by atoms with van der Waals surface area (Å²) in [5.74, 6) is 1.65. The van der Waals surface area contributed by atoms with E-state index in [1.54, 1.807) is 21.3 Å². The van der Waals surface area contributed by atoms with Crippen molar-refractivity contribution >= 4 is 14.1 Å². The van der Waals surface area contributed by atoms with Crippen LogP contribution in [-0.2, 0) is 30.9 Å². The molecule has 0 heterocycles. The molecule has 4 atom stereocenters. The lowest BCUT2D eigenvalue weighted by Crippen LogP contribution is -2.49. The largest absolute Gasteiger partial charge is 0.497 e. The van der Waals surface area contributed by atoms with Crippen molar-refractivity contribution in [3.63, 3.8) is 0 Å². The van der Waals surface area contributed by atoms with Crippen molar-refractivity contribution in [3.8, 4) is 17.2 Å². The summed E-state index contributed by atoms with van der Waals surface area (Å²) in [5.41, 5.74) is 3.55. The molecule has 4 aromatic rings. The normalized spacial score (nSPS) is 14.5. The molecule has 0 spiro atoms. The zero-order valence-corrected chi connectivity index (χ0v) is 37.5. The molecule has 0 saturated carbocycles. The highest BCUT2D eigenvalue weighted by Crippen LogP contribution is 2.43. The molecule has 0 N–H and O–H groups in total. The Kier molecular flexibility index (Phi) is 18.0. The Balaban J connectivity index is 1.85. The molecule has 0 amide bonds. The first-order valence-electron chi connectivity index (χ1n) is 20.8. The molecule has 4 aromatic carbocycles. The Labute approximate surface area is 349 Å². The fourth-order valence-corrected chi connectivity index (χ4v) is 10.8. The van der Waals surface area contributed by atoms with Crippen molar-refractivity contribution in [1.82, 2.24) is 0 Å². The van der Waals surface area contributed by atoms with E-state index in [9.17, 15) is 4.79 Å². The summed E-state index contributed by atoms with van der Waals surface area (Å²) in [6, 6.07) is 37.1. The van der Waals surface area contributed by atoms with Gasteiger partial charge in [-0.05, 0) is 102 Å². The summed E-state index contributed by atoms with van der Waals surface area (Å²) in [6.07, 6.45) is 5.69. The average Bonchev–Trinajstić information content (AvgIpc) is 3.27. The molecule has 0 aliphatic rings. The third-order valence-corrected chi connectivity index (χ3v) is 16.1. The van der Waals surface area contributed by atoms with Crippen molar-refractivity contribution < 1.29 is 32.9 Å². The molecule has 8 heteroatoms. The summed E-state index contributed by atoms with van der Waals surface area (Å²) in [7, 11) is 2.73. The predicted molar refractivity (Wildman–Crippen MR) is 238 cm³/mol. The summed E-state index contributed by atoms with van der Waals surface area (Å²) in [4.78, 5) is 14.9. The number of hydrogen-bond acceptors (Lipinski definition) is 7. The van der Waals surface area contributed by atoms with Crippen LogP contribution in [0.1, 0.15) is 70.7 Å². The van der Waals surface area contributed by atoms with E-state index in [0.29, 0.717) is 18.8 Å². The Morgan fingerprint density at radius 1 is 0.690 bits per heavy atom. The quantitative estimate of drug-likeness (QED) is 0.0302. The Morgan fingerprint density at radius 3 is 1.64 bits per heavy atom. The van der Waals surface area contributed by atoms with Gasteiger partial charge >= 0.3 is 0 Å². The second-order valence-corrected chi connectivity index (χ2v) is 19.9. The maximum atomic E-state index is 14.9. The molecule has 0 aliphatic carbocycles. The predicted octanol–water partition coefficient (Wildman–Crippen LogP) is 11.6. The van der Waals surface area contributed by atoms with Crippen LogP contribution in [0.4, 0.5) is 0 Å². The number of hydrogen-bond donors (Lipinski definition) is 0. The van der Waals surface area contributed by atoms with E-state index < -0.39 is 25.9 Å². The van der Waals surface area contributed by atoms with E-state index in [0.717, 1.165) is 57.6 Å². The van der Waals surface area contributed by atoms with Gasteiger partial charge in [0.15, 0.2) is 14.1 Å². The molecule has 58 heavy (non-hydrogen) atoms. The molecule has 312 valence electrons. The van der Waals surface area contributed by atoms with E-state index in [4.69, 9.17) is 28.1 Å². The molecule has 0 bridgehead atoms. The van der Waals surface area contributed by atoms with E-state index in [1.807, 2.05) is 86.7 Å². The van der Waals surface area contributed by atoms with Crippen LogP contribution in [0.2, 0.25) is 18.1 Å². The number of ether oxygens (including phenoxy) is 5. The first-order valence-corrected chi connectivity index (χ1v) is 23.3. The average molecular weight is 807 g/mol. The molecule has 0 saturated heterocycles. The fourth-order valence-electron chi connectivity index (χ4n) is 7.78. The molecular weight excluding hydrogens is 741 g/mol. The van der Waals surface area contributed by atoms with Gasteiger partial charge in [-0.25, -0.2) is 0 Å². The molecule has 4 rings (SSSR count). The van der Waals surface area contributed by atoms with Gasteiger partial charge in [-0.2, -0.15) is 0 Å². The third kappa shape index (κ3) is 11.6. The summed E-state index contributed by atoms with van der Waals surface area (Å²) >= 11 is 0. The van der Waals surface area contributed by atoms with E-state index >= 15 is 0 Å². The number of benzene rings is 4. The van der Waals surface area contributed by atoms with Crippen LogP contribution >= 0.6 is 0 Å². The zero-order chi connectivity index (χ0) is 42.1. The van der Waals surface area contributed by atoms with Crippen LogP contribution in [-0.4, -0.2) is 54.7 Å². The highest BCUT2D eigenvalue weighted by Gasteiger charge is 2.43. The highest BCUT2D eigenvalue weighted by molar-refractivity contribution is 6.73. The molecular formula is C50H66O7Si.